The van der Waals surface area contributed by atoms with Gasteiger partial charge in [-0.3, -0.25) is 0 Å². The molecule has 0 amide bonds. The van der Waals surface area contributed by atoms with Crippen LogP contribution in [-0.4, -0.2) is 18.2 Å². The van der Waals surface area contributed by atoms with Gasteiger partial charge in [-0.1, -0.05) is 23.8 Å². The van der Waals surface area contributed by atoms with Crippen molar-refractivity contribution in [2.45, 2.75) is 6.92 Å². The largest absolute Gasteiger partial charge is 0.506 e. The first-order valence-electron chi connectivity index (χ1n) is 5.06. The lowest BCUT2D eigenvalue weighted by Gasteiger charge is -2.22. The van der Waals surface area contributed by atoms with Gasteiger partial charge in [-0.25, -0.2) is 0 Å². The van der Waals surface area contributed by atoms with Gasteiger partial charge >= 0.3 is 0 Å². The molecule has 3 heteroatoms. The molecule has 0 atom stereocenters. The van der Waals surface area contributed by atoms with Crippen LogP contribution in [0, 0.1) is 6.92 Å². The summed E-state index contributed by atoms with van der Waals surface area (Å²) in [5.74, 6) is 0.141. The quantitative estimate of drug-likeness (QED) is 0.792. The molecule has 0 aliphatic heterocycles. The van der Waals surface area contributed by atoms with Crippen LogP contribution in [0.1, 0.15) is 5.56 Å². The van der Waals surface area contributed by atoms with Gasteiger partial charge in [0.1, 0.15) is 5.75 Å². The lowest BCUT2D eigenvalue weighted by atomic mass is 10.2. The molecule has 0 heterocycles. The summed E-state index contributed by atoms with van der Waals surface area (Å²) >= 11 is 5.94. The van der Waals surface area contributed by atoms with Gasteiger partial charge in [0, 0.05) is 18.8 Å². The Morgan fingerprint density at radius 1 is 1.31 bits per heavy atom. The Labute approximate surface area is 101 Å². The van der Waals surface area contributed by atoms with Crippen LogP contribution < -0.4 is 4.90 Å². The van der Waals surface area contributed by atoms with Crippen LogP contribution in [-0.2, 0) is 0 Å². The average molecular weight is 238 g/mol. The van der Waals surface area contributed by atoms with E-state index in [-0.39, 0.29) is 5.75 Å². The van der Waals surface area contributed by atoms with Gasteiger partial charge in [0.05, 0.1) is 5.02 Å². The minimum Gasteiger partial charge on any atom is -0.506 e. The molecule has 1 N–H and O–H groups in total. The highest BCUT2D eigenvalue weighted by Crippen LogP contribution is 2.32. The zero-order valence-electron chi connectivity index (χ0n) is 9.41. The smallest absolute Gasteiger partial charge is 0.137 e. The second kappa shape index (κ2) is 5.61. The second-order valence-corrected chi connectivity index (χ2v) is 3.98. The standard InChI is InChI=1S/C13H16ClNO/c1-4-6-15(7-5-2)11-8-10(3)13(16)12(14)9-11/h4-5,8-9,16H,1-2,6-7H2,3H3. The maximum Gasteiger partial charge on any atom is 0.137 e. The summed E-state index contributed by atoms with van der Waals surface area (Å²) in [7, 11) is 0. The predicted octanol–water partition coefficient (Wildman–Crippen LogP) is 3.53. The van der Waals surface area contributed by atoms with E-state index in [4.69, 9.17) is 11.6 Å². The van der Waals surface area contributed by atoms with E-state index in [1.807, 2.05) is 25.1 Å². The van der Waals surface area contributed by atoms with E-state index < -0.39 is 0 Å². The Bertz CT molecular complexity index is 368. The van der Waals surface area contributed by atoms with Crippen molar-refractivity contribution in [2.75, 3.05) is 18.0 Å². The van der Waals surface area contributed by atoms with E-state index in [1.165, 1.54) is 0 Å². The lowest BCUT2D eigenvalue weighted by molar-refractivity contribution is 0.471. The Kier molecular flexibility index (Phi) is 4.44. The number of aromatic hydroxyl groups is 1. The highest BCUT2D eigenvalue weighted by atomic mass is 35.5. The van der Waals surface area contributed by atoms with Crippen molar-refractivity contribution in [2.24, 2.45) is 0 Å². The topological polar surface area (TPSA) is 23.5 Å². The van der Waals surface area contributed by atoms with Crippen LogP contribution in [0.25, 0.3) is 0 Å². The number of rotatable bonds is 5. The van der Waals surface area contributed by atoms with Crippen molar-refractivity contribution in [3.63, 3.8) is 0 Å². The number of phenolic OH excluding ortho intramolecular Hbond substituents is 1. The molecule has 0 saturated heterocycles. The third kappa shape index (κ3) is 2.80. The number of hydrogen-bond acceptors (Lipinski definition) is 2. The molecule has 0 unspecified atom stereocenters. The monoisotopic (exact) mass is 237 g/mol. The molecule has 1 aromatic rings. The third-order valence-electron chi connectivity index (χ3n) is 2.30. The Balaban J connectivity index is 3.08. The molecular formula is C13H16ClNO. The normalized spacial score (nSPS) is 9.88. The van der Waals surface area contributed by atoms with E-state index in [2.05, 4.69) is 18.1 Å². The molecule has 0 spiro atoms. The highest BCUT2D eigenvalue weighted by Gasteiger charge is 2.09. The van der Waals surface area contributed by atoms with E-state index in [9.17, 15) is 5.11 Å². The zero-order chi connectivity index (χ0) is 12.1. The molecule has 0 bridgehead atoms. The van der Waals surface area contributed by atoms with Crippen molar-refractivity contribution in [1.29, 1.82) is 0 Å². The number of phenols is 1. The molecule has 16 heavy (non-hydrogen) atoms. The number of aryl methyl sites for hydroxylation is 1. The van der Waals surface area contributed by atoms with Crippen molar-refractivity contribution < 1.29 is 5.11 Å². The van der Waals surface area contributed by atoms with Gasteiger partial charge in [0.15, 0.2) is 0 Å². The van der Waals surface area contributed by atoms with Gasteiger partial charge in [-0.15, -0.1) is 13.2 Å². The summed E-state index contributed by atoms with van der Waals surface area (Å²) in [6.07, 6.45) is 3.64. The van der Waals surface area contributed by atoms with Crippen LogP contribution in [0.15, 0.2) is 37.4 Å². The summed E-state index contributed by atoms with van der Waals surface area (Å²) in [6.45, 7) is 10.7. The molecule has 0 saturated carbocycles. The predicted molar refractivity (Wildman–Crippen MR) is 70.5 cm³/mol. The van der Waals surface area contributed by atoms with Crippen LogP contribution in [0.4, 0.5) is 5.69 Å². The summed E-state index contributed by atoms with van der Waals surface area (Å²) in [4.78, 5) is 2.07. The average Bonchev–Trinajstić information content (AvgIpc) is 2.25. The SMILES string of the molecule is C=CCN(CC=C)c1cc(C)c(O)c(Cl)c1. The van der Waals surface area contributed by atoms with E-state index in [0.717, 1.165) is 11.3 Å². The van der Waals surface area contributed by atoms with E-state index >= 15 is 0 Å². The molecule has 0 fully saturated rings. The first kappa shape index (κ1) is 12.7. The Morgan fingerprint density at radius 3 is 2.31 bits per heavy atom. The molecule has 0 aliphatic rings. The Morgan fingerprint density at radius 2 is 1.88 bits per heavy atom. The fourth-order valence-electron chi connectivity index (χ4n) is 1.50. The zero-order valence-corrected chi connectivity index (χ0v) is 10.2. The number of benzene rings is 1. The molecule has 1 rings (SSSR count). The summed E-state index contributed by atoms with van der Waals surface area (Å²) in [6, 6.07) is 3.64. The van der Waals surface area contributed by atoms with Gasteiger partial charge in [0.2, 0.25) is 0 Å². The number of hydrogen-bond donors (Lipinski definition) is 1. The van der Waals surface area contributed by atoms with Crippen LogP contribution in [0.2, 0.25) is 5.02 Å². The highest BCUT2D eigenvalue weighted by molar-refractivity contribution is 6.32. The summed E-state index contributed by atoms with van der Waals surface area (Å²) < 4.78 is 0. The van der Waals surface area contributed by atoms with Crippen LogP contribution in [0.5, 0.6) is 5.75 Å². The fourth-order valence-corrected chi connectivity index (χ4v) is 1.76. The number of halogens is 1. The molecule has 2 nitrogen and oxygen atoms in total. The minimum absolute atomic E-state index is 0.141. The van der Waals surface area contributed by atoms with Crippen LogP contribution >= 0.6 is 11.6 Å². The number of nitrogens with zero attached hydrogens (tertiary/aromatic N) is 1. The first-order valence-corrected chi connectivity index (χ1v) is 5.43. The second-order valence-electron chi connectivity index (χ2n) is 3.58. The molecule has 0 aromatic heterocycles. The maximum atomic E-state index is 9.58. The van der Waals surface area contributed by atoms with Gasteiger partial charge in [-0.2, -0.15) is 0 Å². The molecule has 86 valence electrons. The van der Waals surface area contributed by atoms with Crippen molar-refractivity contribution in [3.05, 3.63) is 48.0 Å². The lowest BCUT2D eigenvalue weighted by Crippen LogP contribution is -2.23. The van der Waals surface area contributed by atoms with Crippen LogP contribution in [0.3, 0.4) is 0 Å². The first-order chi connectivity index (χ1) is 7.60. The summed E-state index contributed by atoms with van der Waals surface area (Å²) in [5, 5.41) is 9.95. The third-order valence-corrected chi connectivity index (χ3v) is 2.59. The minimum atomic E-state index is 0.141. The van der Waals surface area contributed by atoms with E-state index in [1.54, 1.807) is 6.07 Å². The van der Waals surface area contributed by atoms with Gasteiger partial charge in [0.25, 0.3) is 0 Å². The Hall–Kier alpha value is -1.41. The van der Waals surface area contributed by atoms with Gasteiger partial charge in [-0.05, 0) is 24.6 Å². The molecule has 0 aliphatic carbocycles. The van der Waals surface area contributed by atoms with Crippen molar-refractivity contribution in [3.8, 4) is 5.75 Å². The molecular weight excluding hydrogens is 222 g/mol. The summed E-state index contributed by atoms with van der Waals surface area (Å²) in [5.41, 5.74) is 1.72. The molecule has 0 radical (unpaired) electrons. The fraction of sp³-hybridized carbons (Fsp3) is 0.231. The maximum absolute atomic E-state index is 9.58. The van der Waals surface area contributed by atoms with E-state index in [0.29, 0.717) is 18.1 Å². The number of anilines is 1. The van der Waals surface area contributed by atoms with Crippen molar-refractivity contribution in [1.82, 2.24) is 0 Å². The van der Waals surface area contributed by atoms with Crippen molar-refractivity contribution >= 4 is 17.3 Å². The van der Waals surface area contributed by atoms with Gasteiger partial charge < -0.3 is 10.0 Å². The molecule has 1 aromatic carbocycles.